The summed E-state index contributed by atoms with van der Waals surface area (Å²) in [4.78, 5) is 1.22. The molecule has 1 aromatic carbocycles. The molecule has 0 bridgehead atoms. The van der Waals surface area contributed by atoms with Crippen molar-refractivity contribution in [1.82, 2.24) is 4.72 Å². The molecule has 0 aliphatic carbocycles. The first kappa shape index (κ1) is 15.2. The predicted molar refractivity (Wildman–Crippen MR) is 80.3 cm³/mol. The lowest BCUT2D eigenvalue weighted by Crippen LogP contribution is -2.26. The number of aliphatic hydroxyl groups is 1. The van der Waals surface area contributed by atoms with Crippen molar-refractivity contribution in [3.8, 4) is 0 Å². The predicted octanol–water partition coefficient (Wildman–Crippen LogP) is 2.32. The van der Waals surface area contributed by atoms with Crippen molar-refractivity contribution in [1.29, 1.82) is 0 Å². The van der Waals surface area contributed by atoms with Gasteiger partial charge in [0.05, 0.1) is 10.9 Å². The Morgan fingerprint density at radius 2 is 1.95 bits per heavy atom. The van der Waals surface area contributed by atoms with E-state index in [4.69, 9.17) is 5.11 Å². The van der Waals surface area contributed by atoms with Crippen molar-refractivity contribution in [2.24, 2.45) is 0 Å². The summed E-state index contributed by atoms with van der Waals surface area (Å²) < 4.78 is 27.2. The van der Waals surface area contributed by atoms with Crippen LogP contribution in [0.2, 0.25) is 0 Å². The fourth-order valence-corrected chi connectivity index (χ4v) is 3.89. The van der Waals surface area contributed by atoms with E-state index in [1.165, 1.54) is 11.3 Å². The van der Waals surface area contributed by atoms with Crippen LogP contribution in [0, 0.1) is 0 Å². The number of rotatable bonds is 6. The molecule has 6 heteroatoms. The molecule has 0 radical (unpaired) electrons. The van der Waals surface area contributed by atoms with Crippen molar-refractivity contribution in [2.45, 2.75) is 24.3 Å². The fraction of sp³-hybridized carbons (Fsp3) is 0.286. The summed E-state index contributed by atoms with van der Waals surface area (Å²) in [5, 5.41) is 10.8. The van der Waals surface area contributed by atoms with E-state index >= 15 is 0 Å². The molecular formula is C14H17NO3S2. The molecule has 0 fully saturated rings. The number of hydrogen-bond acceptors (Lipinski definition) is 4. The van der Waals surface area contributed by atoms with Crippen LogP contribution < -0.4 is 4.72 Å². The minimum atomic E-state index is -3.52. The summed E-state index contributed by atoms with van der Waals surface area (Å²) in [5.74, 6) is 0. The lowest BCUT2D eigenvalue weighted by atomic mass is 10.2. The summed E-state index contributed by atoms with van der Waals surface area (Å²) >= 11 is 1.52. The zero-order chi connectivity index (χ0) is 14.6. The van der Waals surface area contributed by atoms with E-state index in [0.717, 1.165) is 10.4 Å². The first-order chi connectivity index (χ1) is 9.53. The highest BCUT2D eigenvalue weighted by molar-refractivity contribution is 7.89. The monoisotopic (exact) mass is 311 g/mol. The maximum absolute atomic E-state index is 12.3. The molecule has 0 amide bonds. The van der Waals surface area contributed by atoms with E-state index in [2.05, 4.69) is 4.72 Å². The van der Waals surface area contributed by atoms with Gasteiger partial charge in [-0.25, -0.2) is 13.1 Å². The fourth-order valence-electron chi connectivity index (χ4n) is 1.86. The Hall–Kier alpha value is -1.21. The molecule has 0 spiro atoms. The number of sulfonamides is 1. The van der Waals surface area contributed by atoms with Crippen LogP contribution in [0.3, 0.4) is 0 Å². The Balaban J connectivity index is 2.13. The van der Waals surface area contributed by atoms with Crippen molar-refractivity contribution in [3.63, 3.8) is 0 Å². The van der Waals surface area contributed by atoms with E-state index in [1.54, 1.807) is 24.3 Å². The second kappa shape index (κ2) is 6.49. The second-order valence-corrected chi connectivity index (χ2v) is 7.17. The maximum atomic E-state index is 12.3. The van der Waals surface area contributed by atoms with Gasteiger partial charge in [0.15, 0.2) is 0 Å². The van der Waals surface area contributed by atoms with E-state index < -0.39 is 10.0 Å². The van der Waals surface area contributed by atoms with E-state index in [0.29, 0.717) is 6.42 Å². The smallest absolute Gasteiger partial charge is 0.241 e. The van der Waals surface area contributed by atoms with Crippen LogP contribution in [0.25, 0.3) is 0 Å². The zero-order valence-electron chi connectivity index (χ0n) is 11.1. The van der Waals surface area contributed by atoms with Gasteiger partial charge in [0.1, 0.15) is 0 Å². The zero-order valence-corrected chi connectivity index (χ0v) is 12.7. The van der Waals surface area contributed by atoms with Gasteiger partial charge in [0, 0.05) is 11.5 Å². The Morgan fingerprint density at radius 1 is 1.25 bits per heavy atom. The minimum Gasteiger partial charge on any atom is -0.396 e. The van der Waals surface area contributed by atoms with Crippen LogP contribution in [0.5, 0.6) is 0 Å². The van der Waals surface area contributed by atoms with Gasteiger partial charge >= 0.3 is 0 Å². The minimum absolute atomic E-state index is 0.0553. The van der Waals surface area contributed by atoms with Gasteiger partial charge in [0.2, 0.25) is 10.0 Å². The molecule has 2 N–H and O–H groups in total. The summed E-state index contributed by atoms with van der Waals surface area (Å²) in [5.41, 5.74) is 0.915. The van der Waals surface area contributed by atoms with Crippen molar-refractivity contribution >= 4 is 21.4 Å². The van der Waals surface area contributed by atoms with Gasteiger partial charge in [-0.3, -0.25) is 0 Å². The van der Waals surface area contributed by atoms with E-state index in [1.807, 2.05) is 24.4 Å². The average molecular weight is 311 g/mol. The number of thiophene rings is 1. The Morgan fingerprint density at radius 3 is 2.50 bits per heavy atom. The highest BCUT2D eigenvalue weighted by Crippen LogP contribution is 2.21. The molecule has 2 rings (SSSR count). The van der Waals surface area contributed by atoms with Crippen molar-refractivity contribution in [3.05, 3.63) is 52.2 Å². The third kappa shape index (κ3) is 3.67. The molecule has 0 aliphatic rings. The van der Waals surface area contributed by atoms with E-state index in [9.17, 15) is 8.42 Å². The highest BCUT2D eigenvalue weighted by atomic mass is 32.2. The highest BCUT2D eigenvalue weighted by Gasteiger charge is 2.18. The lowest BCUT2D eigenvalue weighted by molar-refractivity contribution is 0.299. The third-order valence-corrected chi connectivity index (χ3v) is 5.55. The number of nitrogens with one attached hydrogen (secondary N) is 1. The molecule has 108 valence electrons. The molecule has 1 heterocycles. The Labute approximate surface area is 123 Å². The molecule has 0 saturated heterocycles. The molecule has 0 aliphatic heterocycles. The van der Waals surface area contributed by atoms with Crippen LogP contribution in [0.4, 0.5) is 0 Å². The van der Waals surface area contributed by atoms with Crippen LogP contribution in [-0.2, 0) is 16.4 Å². The molecule has 1 atom stereocenters. The first-order valence-corrected chi connectivity index (χ1v) is 8.65. The van der Waals surface area contributed by atoms with E-state index in [-0.39, 0.29) is 17.5 Å². The molecule has 20 heavy (non-hydrogen) atoms. The van der Waals surface area contributed by atoms with Crippen LogP contribution in [0.15, 0.2) is 46.7 Å². The quantitative estimate of drug-likeness (QED) is 0.860. The van der Waals surface area contributed by atoms with Crippen LogP contribution in [0.1, 0.15) is 23.4 Å². The molecule has 4 nitrogen and oxygen atoms in total. The summed E-state index contributed by atoms with van der Waals surface area (Å²) in [6, 6.07) is 10.1. The SMILES string of the molecule is CC(NS(=O)(=O)c1ccc(CCO)cc1)c1cccs1. The number of hydrogen-bond donors (Lipinski definition) is 2. The van der Waals surface area contributed by atoms with Gasteiger partial charge in [-0.05, 0) is 42.5 Å². The van der Waals surface area contributed by atoms with Gasteiger partial charge in [-0.15, -0.1) is 11.3 Å². The molecule has 1 unspecified atom stereocenters. The topological polar surface area (TPSA) is 66.4 Å². The average Bonchev–Trinajstić information content (AvgIpc) is 2.93. The van der Waals surface area contributed by atoms with Crippen molar-refractivity contribution in [2.75, 3.05) is 6.61 Å². The van der Waals surface area contributed by atoms with Crippen molar-refractivity contribution < 1.29 is 13.5 Å². The molecule has 2 aromatic rings. The Kier molecular flexibility index (Phi) is 4.93. The lowest BCUT2D eigenvalue weighted by Gasteiger charge is -2.13. The van der Waals surface area contributed by atoms with Crippen LogP contribution >= 0.6 is 11.3 Å². The molecular weight excluding hydrogens is 294 g/mol. The van der Waals surface area contributed by atoms with Gasteiger partial charge in [-0.1, -0.05) is 18.2 Å². The van der Waals surface area contributed by atoms with Gasteiger partial charge in [-0.2, -0.15) is 0 Å². The molecule has 0 saturated carbocycles. The number of benzene rings is 1. The standard InChI is InChI=1S/C14H17NO3S2/c1-11(14-3-2-10-19-14)15-20(17,18)13-6-4-12(5-7-13)8-9-16/h2-7,10-11,15-16H,8-9H2,1H3. The van der Waals surface area contributed by atoms with Gasteiger partial charge in [0.25, 0.3) is 0 Å². The largest absolute Gasteiger partial charge is 0.396 e. The third-order valence-electron chi connectivity index (χ3n) is 2.94. The summed E-state index contributed by atoms with van der Waals surface area (Å²) in [7, 11) is -3.52. The Bertz CT molecular complexity index is 634. The maximum Gasteiger partial charge on any atom is 0.241 e. The molecule has 1 aromatic heterocycles. The van der Waals surface area contributed by atoms with Gasteiger partial charge < -0.3 is 5.11 Å². The number of aliphatic hydroxyl groups excluding tert-OH is 1. The summed E-state index contributed by atoms with van der Waals surface area (Å²) in [6.45, 7) is 1.88. The van der Waals surface area contributed by atoms with Crippen LogP contribution in [-0.4, -0.2) is 20.1 Å². The summed E-state index contributed by atoms with van der Waals surface area (Å²) in [6.07, 6.45) is 0.527. The first-order valence-electron chi connectivity index (χ1n) is 6.28. The second-order valence-electron chi connectivity index (χ2n) is 4.48. The normalized spacial score (nSPS) is 13.3.